The van der Waals surface area contributed by atoms with Gasteiger partial charge in [-0.2, -0.15) is 0 Å². The van der Waals surface area contributed by atoms with Crippen molar-refractivity contribution < 1.29 is 9.53 Å². The zero-order chi connectivity index (χ0) is 22.8. The molecule has 2 saturated heterocycles. The van der Waals surface area contributed by atoms with Crippen LogP contribution in [-0.2, 0) is 17.8 Å². The average Bonchev–Trinajstić information content (AvgIpc) is 2.80. The number of aliphatic imine (C=N–C) groups is 1. The summed E-state index contributed by atoms with van der Waals surface area (Å²) in [6.07, 6.45) is 4.18. The highest BCUT2D eigenvalue weighted by molar-refractivity contribution is 14.0. The quantitative estimate of drug-likeness (QED) is 0.292. The first kappa shape index (κ1) is 27.7. The molecule has 0 saturated carbocycles. The molecule has 7 nitrogen and oxygen atoms in total. The minimum Gasteiger partial charge on any atom is -0.450 e. The number of carbonyl (C=O) groups excluding carboxylic acids is 1. The predicted octanol–water partition coefficient (Wildman–Crippen LogP) is 4.21. The molecule has 0 aromatic heterocycles. The van der Waals surface area contributed by atoms with Crippen LogP contribution in [0.15, 0.2) is 29.3 Å². The minimum atomic E-state index is -0.203. The lowest BCUT2D eigenvalue weighted by molar-refractivity contribution is 0.0963. The van der Waals surface area contributed by atoms with Crippen LogP contribution in [0.1, 0.15) is 57.6 Å². The van der Waals surface area contributed by atoms with Crippen LogP contribution in [0.2, 0.25) is 0 Å². The molecule has 0 radical (unpaired) electrons. The third-order valence-electron chi connectivity index (χ3n) is 6.50. The summed E-state index contributed by atoms with van der Waals surface area (Å²) in [6, 6.07) is 9.00. The van der Waals surface area contributed by atoms with Crippen LogP contribution in [0.4, 0.5) is 4.79 Å². The molecule has 186 valence electrons. The number of carbonyl (C=O) groups is 1. The molecule has 2 fully saturated rings. The highest BCUT2D eigenvalue weighted by Crippen LogP contribution is 2.20. The Morgan fingerprint density at radius 3 is 2.36 bits per heavy atom. The van der Waals surface area contributed by atoms with E-state index >= 15 is 0 Å². The summed E-state index contributed by atoms with van der Waals surface area (Å²) >= 11 is 0. The van der Waals surface area contributed by atoms with Crippen molar-refractivity contribution in [3.05, 3.63) is 35.4 Å². The normalized spacial score (nSPS) is 18.5. The molecule has 0 unspecified atom stereocenters. The molecule has 1 amide bonds. The molecule has 2 aliphatic heterocycles. The average molecular weight is 572 g/mol. The molecule has 33 heavy (non-hydrogen) atoms. The van der Waals surface area contributed by atoms with Crippen molar-refractivity contribution in [2.75, 3.05) is 39.3 Å². The Kier molecular flexibility index (Phi) is 12.3. The van der Waals surface area contributed by atoms with E-state index in [9.17, 15) is 4.79 Å². The molecule has 0 aliphatic carbocycles. The summed E-state index contributed by atoms with van der Waals surface area (Å²) in [7, 11) is 0. The first-order valence-corrected chi connectivity index (χ1v) is 12.3. The third-order valence-corrected chi connectivity index (χ3v) is 6.50. The van der Waals surface area contributed by atoms with Gasteiger partial charge < -0.3 is 20.3 Å². The fourth-order valence-electron chi connectivity index (χ4n) is 4.43. The van der Waals surface area contributed by atoms with Gasteiger partial charge in [0.2, 0.25) is 0 Å². The second kappa shape index (κ2) is 14.7. The van der Waals surface area contributed by atoms with Gasteiger partial charge in [-0.15, -0.1) is 24.0 Å². The number of piperidine rings is 2. The number of nitrogens with one attached hydrogen (secondary N) is 2. The standard InChI is InChI=1S/C25H41N5O2.HI/c1-4-26-24(28-23-12-16-30(17-13-23)25(31)32-5-2)27-18-21-8-6-7-9-22(21)19-29-14-10-20(3)11-15-29;/h6-9,20,23H,4-5,10-19H2,1-3H3,(H2,26,27,28);1H. The molecule has 3 rings (SSSR count). The Morgan fingerprint density at radius 1 is 1.06 bits per heavy atom. The topological polar surface area (TPSA) is 69.2 Å². The van der Waals surface area contributed by atoms with Crippen molar-refractivity contribution in [1.82, 2.24) is 20.4 Å². The Bertz CT molecular complexity index is 744. The summed E-state index contributed by atoms with van der Waals surface area (Å²) in [6.45, 7) is 13.0. The van der Waals surface area contributed by atoms with E-state index in [2.05, 4.69) is 53.6 Å². The monoisotopic (exact) mass is 571 g/mol. The molecule has 0 bridgehead atoms. The van der Waals surface area contributed by atoms with Gasteiger partial charge in [0, 0.05) is 32.2 Å². The highest BCUT2D eigenvalue weighted by Gasteiger charge is 2.24. The second-order valence-electron chi connectivity index (χ2n) is 9.03. The maximum absolute atomic E-state index is 11.9. The number of amides is 1. The number of ether oxygens (including phenoxy) is 1. The maximum Gasteiger partial charge on any atom is 0.409 e. The lowest BCUT2D eigenvalue weighted by Crippen LogP contribution is -2.49. The number of rotatable bonds is 7. The van der Waals surface area contributed by atoms with Crippen molar-refractivity contribution in [2.24, 2.45) is 10.9 Å². The fourth-order valence-corrected chi connectivity index (χ4v) is 4.43. The number of hydrogen-bond acceptors (Lipinski definition) is 4. The van der Waals surface area contributed by atoms with Crippen molar-refractivity contribution >= 4 is 36.0 Å². The molecule has 2 aliphatic rings. The van der Waals surface area contributed by atoms with Crippen molar-refractivity contribution in [3.8, 4) is 0 Å². The van der Waals surface area contributed by atoms with Crippen molar-refractivity contribution in [2.45, 2.75) is 65.6 Å². The summed E-state index contributed by atoms with van der Waals surface area (Å²) in [5.41, 5.74) is 2.67. The predicted molar refractivity (Wildman–Crippen MR) is 145 cm³/mol. The molecule has 0 spiro atoms. The van der Waals surface area contributed by atoms with Crippen LogP contribution in [-0.4, -0.2) is 67.2 Å². The van der Waals surface area contributed by atoms with Gasteiger partial charge in [-0.3, -0.25) is 4.90 Å². The number of hydrogen-bond donors (Lipinski definition) is 2. The number of likely N-dealkylation sites (tertiary alicyclic amines) is 2. The molecule has 1 aromatic rings. The van der Waals surface area contributed by atoms with Gasteiger partial charge in [-0.25, -0.2) is 9.79 Å². The van der Waals surface area contributed by atoms with Gasteiger partial charge in [-0.1, -0.05) is 31.2 Å². The zero-order valence-electron chi connectivity index (χ0n) is 20.5. The summed E-state index contributed by atoms with van der Waals surface area (Å²) in [4.78, 5) is 21.2. The number of guanidine groups is 1. The summed E-state index contributed by atoms with van der Waals surface area (Å²) in [5, 5.41) is 6.96. The van der Waals surface area contributed by atoms with Crippen LogP contribution in [0.25, 0.3) is 0 Å². The van der Waals surface area contributed by atoms with Gasteiger partial charge in [0.05, 0.1) is 13.2 Å². The van der Waals surface area contributed by atoms with Crippen LogP contribution >= 0.6 is 24.0 Å². The van der Waals surface area contributed by atoms with Gasteiger partial charge >= 0.3 is 6.09 Å². The van der Waals surface area contributed by atoms with E-state index in [0.717, 1.165) is 37.8 Å². The van der Waals surface area contributed by atoms with E-state index in [-0.39, 0.29) is 30.1 Å². The number of nitrogens with zero attached hydrogens (tertiary/aromatic N) is 3. The van der Waals surface area contributed by atoms with Crippen LogP contribution in [0.5, 0.6) is 0 Å². The van der Waals surface area contributed by atoms with E-state index in [4.69, 9.17) is 9.73 Å². The van der Waals surface area contributed by atoms with E-state index in [1.165, 1.54) is 37.1 Å². The van der Waals surface area contributed by atoms with Gasteiger partial charge in [-0.05, 0) is 69.7 Å². The van der Waals surface area contributed by atoms with Gasteiger partial charge in [0.25, 0.3) is 0 Å². The summed E-state index contributed by atoms with van der Waals surface area (Å²) < 4.78 is 5.12. The first-order valence-electron chi connectivity index (χ1n) is 12.3. The minimum absolute atomic E-state index is 0. The smallest absolute Gasteiger partial charge is 0.409 e. The molecule has 0 atom stereocenters. The van der Waals surface area contributed by atoms with E-state index < -0.39 is 0 Å². The Morgan fingerprint density at radius 2 is 1.73 bits per heavy atom. The number of halogens is 1. The third kappa shape index (κ3) is 8.96. The van der Waals surface area contributed by atoms with Crippen LogP contribution < -0.4 is 10.6 Å². The van der Waals surface area contributed by atoms with Crippen molar-refractivity contribution in [1.29, 1.82) is 0 Å². The van der Waals surface area contributed by atoms with Gasteiger partial charge in [0.15, 0.2) is 5.96 Å². The lowest BCUT2D eigenvalue weighted by atomic mass is 9.98. The highest BCUT2D eigenvalue weighted by atomic mass is 127. The van der Waals surface area contributed by atoms with Crippen LogP contribution in [0.3, 0.4) is 0 Å². The Hall–Kier alpha value is -1.55. The van der Waals surface area contributed by atoms with Crippen molar-refractivity contribution in [3.63, 3.8) is 0 Å². The second-order valence-corrected chi connectivity index (χ2v) is 9.03. The number of benzene rings is 1. The SMILES string of the molecule is CCNC(=NCc1ccccc1CN1CCC(C)CC1)NC1CCN(C(=O)OCC)CC1.I. The molecular formula is C25H42IN5O2. The molecule has 8 heteroatoms. The van der Waals surface area contributed by atoms with E-state index in [0.29, 0.717) is 32.3 Å². The zero-order valence-corrected chi connectivity index (χ0v) is 22.8. The van der Waals surface area contributed by atoms with E-state index in [1.807, 2.05) is 6.92 Å². The molecule has 1 aromatic carbocycles. The lowest BCUT2D eigenvalue weighted by Gasteiger charge is -2.32. The Labute approximate surface area is 216 Å². The fraction of sp³-hybridized carbons (Fsp3) is 0.680. The Balaban J connectivity index is 0.00000385. The molecule has 2 heterocycles. The van der Waals surface area contributed by atoms with Crippen LogP contribution in [0, 0.1) is 5.92 Å². The summed E-state index contributed by atoms with van der Waals surface area (Å²) in [5.74, 6) is 1.70. The van der Waals surface area contributed by atoms with E-state index in [1.54, 1.807) is 4.90 Å². The molecular weight excluding hydrogens is 529 g/mol. The first-order chi connectivity index (χ1) is 15.6. The maximum atomic E-state index is 11.9. The van der Waals surface area contributed by atoms with Gasteiger partial charge in [0.1, 0.15) is 0 Å². The molecule has 2 N–H and O–H groups in total. The largest absolute Gasteiger partial charge is 0.450 e.